The van der Waals surface area contributed by atoms with E-state index >= 15 is 0 Å². The molecule has 22 heavy (non-hydrogen) atoms. The summed E-state index contributed by atoms with van der Waals surface area (Å²) in [4.78, 5) is 0. The first kappa shape index (κ1) is 25.9. The molecule has 0 heterocycles. The van der Waals surface area contributed by atoms with Crippen LogP contribution in [-0.2, 0) is 14.6 Å². The first-order valence-electron chi connectivity index (χ1n) is 8.66. The second kappa shape index (κ2) is 19.0. The molecule has 0 bridgehead atoms. The van der Waals surface area contributed by atoms with E-state index < -0.39 is 10.4 Å². The molecule has 0 aromatic rings. The van der Waals surface area contributed by atoms with E-state index in [0.29, 0.717) is 6.42 Å². The van der Waals surface area contributed by atoms with Crippen molar-refractivity contribution in [3.8, 4) is 0 Å². The third-order valence-electron chi connectivity index (χ3n) is 3.73. The fourth-order valence-electron chi connectivity index (χ4n) is 2.46. The zero-order valence-corrected chi connectivity index (χ0v) is 20.4. The van der Waals surface area contributed by atoms with Crippen LogP contribution in [0.25, 0.3) is 0 Å². The molecule has 0 saturated heterocycles. The first-order chi connectivity index (χ1) is 10.1. The van der Waals surface area contributed by atoms with E-state index in [4.69, 9.17) is 0 Å². The molecule has 0 amide bonds. The zero-order valence-electron chi connectivity index (χ0n) is 14.6. The quantitative estimate of drug-likeness (QED) is 0.223. The number of rotatable bonds is 16. The molecular weight excluding hydrogens is 374 g/mol. The van der Waals surface area contributed by atoms with Gasteiger partial charge < -0.3 is 4.55 Å². The van der Waals surface area contributed by atoms with Crippen molar-refractivity contribution < 1.29 is 75.3 Å². The van der Waals surface area contributed by atoms with Crippen LogP contribution in [0.2, 0.25) is 0 Å². The van der Waals surface area contributed by atoms with Crippen molar-refractivity contribution in [2.45, 2.75) is 96.8 Å². The van der Waals surface area contributed by atoms with Gasteiger partial charge in [0.15, 0.2) is 0 Å². The molecule has 0 aliphatic heterocycles. The van der Waals surface area contributed by atoms with Crippen LogP contribution in [0.15, 0.2) is 0 Å². The molecule has 0 saturated carbocycles. The monoisotopic (exact) mass is 406 g/mol. The SMILES string of the molecule is CCCCCCCCCCCCCCCCOS(=O)(=O)[O-].[Rb+]. The predicted molar refractivity (Wildman–Crippen MR) is 86.0 cm³/mol. The molecule has 0 unspecified atom stereocenters. The number of unbranched alkanes of at least 4 members (excludes halogenated alkanes) is 13. The molecule has 6 heteroatoms. The van der Waals surface area contributed by atoms with Crippen LogP contribution < -0.4 is 58.2 Å². The third-order valence-corrected chi connectivity index (χ3v) is 4.18. The Kier molecular flexibility index (Phi) is 22.4. The predicted octanol–water partition coefficient (Wildman–Crippen LogP) is 1.95. The third kappa shape index (κ3) is 23.9. The van der Waals surface area contributed by atoms with Crippen LogP contribution in [0.4, 0.5) is 0 Å². The van der Waals surface area contributed by atoms with Gasteiger partial charge in [0.2, 0.25) is 10.4 Å². The fourth-order valence-corrected chi connectivity index (χ4v) is 2.78. The smallest absolute Gasteiger partial charge is 0.726 e. The molecule has 0 spiro atoms. The van der Waals surface area contributed by atoms with Crippen LogP contribution in [0.3, 0.4) is 0 Å². The Balaban J connectivity index is 0. The number of hydrogen-bond donors (Lipinski definition) is 0. The van der Waals surface area contributed by atoms with Crippen molar-refractivity contribution >= 4 is 10.4 Å². The standard InChI is InChI=1S/C16H34O4S.Rb/c1-2-3-4-5-6-7-8-9-10-11-12-13-14-15-16-20-21(17,18)19;/h2-16H2,1H3,(H,17,18,19);/q;+1/p-1. The van der Waals surface area contributed by atoms with E-state index in [1.54, 1.807) is 0 Å². The fraction of sp³-hybridized carbons (Fsp3) is 1.00. The van der Waals surface area contributed by atoms with E-state index in [2.05, 4.69) is 11.1 Å². The van der Waals surface area contributed by atoms with E-state index in [9.17, 15) is 13.0 Å². The van der Waals surface area contributed by atoms with E-state index in [1.165, 1.54) is 70.6 Å². The van der Waals surface area contributed by atoms with Gasteiger partial charge in [-0.05, 0) is 6.42 Å². The van der Waals surface area contributed by atoms with E-state index in [1.807, 2.05) is 0 Å². The Morgan fingerprint density at radius 2 is 1.00 bits per heavy atom. The van der Waals surface area contributed by atoms with Gasteiger partial charge in [0.1, 0.15) is 0 Å². The maximum Gasteiger partial charge on any atom is 1.00 e. The first-order valence-corrected chi connectivity index (χ1v) is 10.00. The van der Waals surface area contributed by atoms with Crippen LogP contribution in [0.5, 0.6) is 0 Å². The van der Waals surface area contributed by atoms with E-state index in [0.717, 1.165) is 12.8 Å². The largest absolute Gasteiger partial charge is 1.00 e. The number of hydrogen-bond acceptors (Lipinski definition) is 4. The summed E-state index contributed by atoms with van der Waals surface area (Å²) >= 11 is 0. The van der Waals surface area contributed by atoms with Gasteiger partial charge in [-0.15, -0.1) is 0 Å². The van der Waals surface area contributed by atoms with Gasteiger partial charge in [-0.1, -0.05) is 90.4 Å². The minimum Gasteiger partial charge on any atom is -0.726 e. The molecule has 0 fully saturated rings. The Hall–Kier alpha value is 1.68. The molecule has 0 atom stereocenters. The summed E-state index contributed by atoms with van der Waals surface area (Å²) in [5.74, 6) is 0. The van der Waals surface area contributed by atoms with E-state index in [-0.39, 0.29) is 64.8 Å². The molecule has 0 rings (SSSR count). The summed E-state index contributed by atoms with van der Waals surface area (Å²) < 4.78 is 34.7. The molecular formula is C16H33O4RbS. The molecule has 0 aliphatic carbocycles. The molecule has 0 radical (unpaired) electrons. The van der Waals surface area contributed by atoms with Crippen LogP contribution in [0.1, 0.15) is 96.8 Å². The Bertz CT molecular complexity index is 307. The van der Waals surface area contributed by atoms with Gasteiger partial charge in [0.25, 0.3) is 0 Å². The normalized spacial score (nSPS) is 11.4. The maximum atomic E-state index is 10.2. The minimum atomic E-state index is -4.49. The topological polar surface area (TPSA) is 66.4 Å². The Labute approximate surface area is 186 Å². The van der Waals surface area contributed by atoms with Crippen molar-refractivity contribution in [1.82, 2.24) is 0 Å². The van der Waals surface area contributed by atoms with Gasteiger partial charge in [-0.3, -0.25) is 4.18 Å². The van der Waals surface area contributed by atoms with Gasteiger partial charge >= 0.3 is 58.2 Å². The van der Waals surface area contributed by atoms with Crippen molar-refractivity contribution in [2.75, 3.05) is 6.61 Å². The molecule has 128 valence electrons. The van der Waals surface area contributed by atoms with Crippen molar-refractivity contribution in [2.24, 2.45) is 0 Å². The maximum absolute atomic E-state index is 10.2. The zero-order chi connectivity index (χ0) is 15.8. The molecule has 0 aromatic heterocycles. The van der Waals surface area contributed by atoms with Gasteiger partial charge in [0.05, 0.1) is 6.61 Å². The van der Waals surface area contributed by atoms with Gasteiger partial charge in [-0.25, -0.2) is 8.42 Å². The van der Waals surface area contributed by atoms with Crippen LogP contribution in [-0.4, -0.2) is 19.6 Å². The Morgan fingerprint density at radius 1 is 0.682 bits per heavy atom. The summed E-state index contributed by atoms with van der Waals surface area (Å²) in [6.07, 6.45) is 17.4. The van der Waals surface area contributed by atoms with Crippen molar-refractivity contribution in [1.29, 1.82) is 0 Å². The molecule has 0 aromatic carbocycles. The average molecular weight is 407 g/mol. The van der Waals surface area contributed by atoms with Crippen LogP contribution >= 0.6 is 0 Å². The molecule has 4 nitrogen and oxygen atoms in total. The molecule has 0 N–H and O–H groups in total. The second-order valence-corrected chi connectivity index (χ2v) is 6.88. The van der Waals surface area contributed by atoms with Gasteiger partial charge in [-0.2, -0.15) is 0 Å². The minimum absolute atomic E-state index is 0. The molecule has 0 aliphatic rings. The Morgan fingerprint density at radius 3 is 1.32 bits per heavy atom. The average Bonchev–Trinajstić information content (AvgIpc) is 2.42. The summed E-state index contributed by atoms with van der Waals surface area (Å²) in [6.45, 7) is 2.28. The van der Waals surface area contributed by atoms with Crippen molar-refractivity contribution in [3.05, 3.63) is 0 Å². The summed E-state index contributed by atoms with van der Waals surface area (Å²) in [5, 5.41) is 0. The van der Waals surface area contributed by atoms with Gasteiger partial charge in [0, 0.05) is 0 Å². The van der Waals surface area contributed by atoms with Crippen LogP contribution in [0, 0.1) is 0 Å². The summed E-state index contributed by atoms with van der Waals surface area (Å²) in [5.41, 5.74) is 0. The summed E-state index contributed by atoms with van der Waals surface area (Å²) in [7, 11) is -4.49. The second-order valence-electron chi connectivity index (χ2n) is 5.83. The summed E-state index contributed by atoms with van der Waals surface area (Å²) in [6, 6.07) is 0. The van der Waals surface area contributed by atoms with Crippen molar-refractivity contribution in [3.63, 3.8) is 0 Å².